The Bertz CT molecular complexity index is 1060. The van der Waals surface area contributed by atoms with Crippen molar-refractivity contribution in [2.75, 3.05) is 6.26 Å². The molecule has 0 aliphatic heterocycles. The monoisotopic (exact) mass is 386 g/mol. The van der Waals surface area contributed by atoms with Gasteiger partial charge in [-0.2, -0.15) is 0 Å². The normalized spacial score (nSPS) is 15.8. The van der Waals surface area contributed by atoms with Gasteiger partial charge in [0.15, 0.2) is 9.84 Å². The zero-order valence-corrected chi connectivity index (χ0v) is 16.1. The quantitative estimate of drug-likeness (QED) is 0.775. The lowest BCUT2D eigenvalue weighted by molar-refractivity contribution is -0.135. The molecule has 2 aromatic rings. The summed E-state index contributed by atoms with van der Waals surface area (Å²) in [5.74, 6) is -0.956. The van der Waals surface area contributed by atoms with E-state index in [9.17, 15) is 18.3 Å². The Kier molecular flexibility index (Phi) is 4.82. The standard InChI is InChI=1S/C20H18O4S2/c1-12-16(11-18(21)22)15-9-8-14(25)10-17(15)19(12)20(26(2,23)24)13-6-4-3-5-7-13/h3-10,25H,11H2,1-2H3,(H,21,22). The highest BCUT2D eigenvalue weighted by Gasteiger charge is 2.31. The van der Waals surface area contributed by atoms with Crippen LogP contribution in [0.1, 0.15) is 30.0 Å². The number of sulfone groups is 1. The van der Waals surface area contributed by atoms with Gasteiger partial charge in [-0.3, -0.25) is 4.79 Å². The zero-order chi connectivity index (χ0) is 19.1. The lowest BCUT2D eigenvalue weighted by atomic mass is 10.0. The number of carbonyl (C=O) groups is 1. The first-order valence-electron chi connectivity index (χ1n) is 7.95. The number of rotatable bonds is 4. The summed E-state index contributed by atoms with van der Waals surface area (Å²) in [7, 11) is -3.57. The Labute approximate surface area is 158 Å². The maximum absolute atomic E-state index is 12.7. The molecule has 0 fully saturated rings. The summed E-state index contributed by atoms with van der Waals surface area (Å²) in [6.07, 6.45) is 1.01. The molecule has 2 aromatic carbocycles. The second-order valence-electron chi connectivity index (χ2n) is 6.25. The van der Waals surface area contributed by atoms with Crippen molar-refractivity contribution in [1.29, 1.82) is 0 Å². The van der Waals surface area contributed by atoms with Crippen molar-refractivity contribution in [2.45, 2.75) is 18.2 Å². The molecule has 6 heteroatoms. The number of hydrogen-bond donors (Lipinski definition) is 2. The van der Waals surface area contributed by atoms with Gasteiger partial charge in [-0.15, -0.1) is 12.6 Å². The number of fused-ring (bicyclic) bond motifs is 1. The van der Waals surface area contributed by atoms with Crippen molar-refractivity contribution in [2.24, 2.45) is 0 Å². The minimum atomic E-state index is -3.57. The number of allylic oxidation sites excluding steroid dienone is 2. The molecular weight excluding hydrogens is 368 g/mol. The molecule has 1 aliphatic carbocycles. The molecule has 1 N–H and O–H groups in total. The van der Waals surface area contributed by atoms with Crippen LogP contribution in [0.3, 0.4) is 0 Å². The van der Waals surface area contributed by atoms with Crippen molar-refractivity contribution in [3.63, 3.8) is 0 Å². The average Bonchev–Trinajstić information content (AvgIpc) is 2.80. The molecule has 0 heterocycles. The highest BCUT2D eigenvalue weighted by Crippen LogP contribution is 2.47. The Morgan fingerprint density at radius 3 is 2.31 bits per heavy atom. The fraction of sp³-hybridized carbons (Fsp3) is 0.150. The van der Waals surface area contributed by atoms with E-state index in [1.165, 1.54) is 6.26 Å². The molecular formula is C20H18O4S2. The van der Waals surface area contributed by atoms with Crippen molar-refractivity contribution in [3.05, 3.63) is 70.8 Å². The summed E-state index contributed by atoms with van der Waals surface area (Å²) in [6, 6.07) is 14.2. The molecule has 4 nitrogen and oxygen atoms in total. The summed E-state index contributed by atoms with van der Waals surface area (Å²) in [4.78, 5) is 12.2. The molecule has 0 bridgehead atoms. The van der Waals surface area contributed by atoms with Crippen molar-refractivity contribution in [1.82, 2.24) is 0 Å². The van der Waals surface area contributed by atoms with Crippen molar-refractivity contribution >= 4 is 44.5 Å². The maximum atomic E-state index is 12.7. The van der Waals surface area contributed by atoms with Crippen LogP contribution in [0.15, 0.2) is 59.0 Å². The van der Waals surface area contributed by atoms with E-state index in [0.29, 0.717) is 32.7 Å². The van der Waals surface area contributed by atoms with Gasteiger partial charge in [0, 0.05) is 16.7 Å². The molecule has 0 saturated heterocycles. The van der Waals surface area contributed by atoms with E-state index in [-0.39, 0.29) is 11.3 Å². The lowest BCUT2D eigenvalue weighted by Gasteiger charge is -2.13. The summed E-state index contributed by atoms with van der Waals surface area (Å²) in [5, 5.41) is 9.29. The molecule has 0 amide bonds. The van der Waals surface area contributed by atoms with E-state index in [4.69, 9.17) is 0 Å². The summed E-state index contributed by atoms with van der Waals surface area (Å²) in [5.41, 5.74) is 3.89. The highest BCUT2D eigenvalue weighted by molar-refractivity contribution is 8.00. The van der Waals surface area contributed by atoms with E-state index in [2.05, 4.69) is 12.6 Å². The first-order valence-corrected chi connectivity index (χ1v) is 10.3. The van der Waals surface area contributed by atoms with Gasteiger partial charge in [0.1, 0.15) is 0 Å². The van der Waals surface area contributed by atoms with Crippen LogP contribution in [0.25, 0.3) is 16.1 Å². The predicted molar refractivity (Wildman–Crippen MR) is 107 cm³/mol. The van der Waals surface area contributed by atoms with Crippen LogP contribution in [0.4, 0.5) is 0 Å². The number of carboxylic acids is 1. The topological polar surface area (TPSA) is 71.4 Å². The Morgan fingerprint density at radius 2 is 1.73 bits per heavy atom. The molecule has 1 aliphatic rings. The van der Waals surface area contributed by atoms with Gasteiger partial charge in [0.05, 0.1) is 11.3 Å². The SMILES string of the molecule is CC1=C(CC(=O)O)c2ccc(S)cc2C1=C(c1ccccc1)S(C)(=O)=O. The van der Waals surface area contributed by atoms with E-state index < -0.39 is 15.8 Å². The second kappa shape index (κ2) is 6.78. The predicted octanol–water partition coefficient (Wildman–Crippen LogP) is 4.15. The lowest BCUT2D eigenvalue weighted by Crippen LogP contribution is -2.04. The molecule has 0 spiro atoms. The van der Waals surface area contributed by atoms with Crippen molar-refractivity contribution in [3.8, 4) is 0 Å². The summed E-state index contributed by atoms with van der Waals surface area (Å²) < 4.78 is 25.3. The van der Waals surface area contributed by atoms with Crippen molar-refractivity contribution < 1.29 is 18.3 Å². The average molecular weight is 386 g/mol. The molecule has 0 radical (unpaired) electrons. The number of aliphatic carboxylic acids is 1. The number of carboxylic acid groups (broad SMARTS) is 1. The first-order chi connectivity index (χ1) is 12.2. The summed E-state index contributed by atoms with van der Waals surface area (Å²) >= 11 is 4.37. The van der Waals surface area contributed by atoms with Gasteiger partial charge in [-0.05, 0) is 46.9 Å². The minimum Gasteiger partial charge on any atom is -0.481 e. The number of hydrogen-bond acceptors (Lipinski definition) is 4. The van der Waals surface area contributed by atoms with Crippen LogP contribution in [0.5, 0.6) is 0 Å². The zero-order valence-electron chi connectivity index (χ0n) is 14.4. The van der Waals surface area contributed by atoms with Crippen LogP contribution in [-0.2, 0) is 14.6 Å². The van der Waals surface area contributed by atoms with Gasteiger partial charge >= 0.3 is 5.97 Å². The van der Waals surface area contributed by atoms with Gasteiger partial charge in [-0.25, -0.2) is 8.42 Å². The molecule has 0 atom stereocenters. The van der Waals surface area contributed by atoms with Crippen LogP contribution in [0, 0.1) is 0 Å². The first kappa shape index (κ1) is 18.5. The third kappa shape index (κ3) is 3.34. The second-order valence-corrected chi connectivity index (χ2v) is 8.72. The number of thiol groups is 1. The van der Waals surface area contributed by atoms with E-state index in [1.54, 1.807) is 49.4 Å². The molecule has 3 rings (SSSR count). The van der Waals surface area contributed by atoms with Crippen LogP contribution in [-0.4, -0.2) is 25.7 Å². The van der Waals surface area contributed by atoms with E-state index in [0.717, 1.165) is 5.56 Å². The van der Waals surface area contributed by atoms with Gasteiger partial charge < -0.3 is 5.11 Å². The van der Waals surface area contributed by atoms with Gasteiger partial charge in [0.25, 0.3) is 0 Å². The van der Waals surface area contributed by atoms with Crippen LogP contribution >= 0.6 is 12.6 Å². The molecule has 0 aromatic heterocycles. The smallest absolute Gasteiger partial charge is 0.307 e. The van der Waals surface area contributed by atoms with Gasteiger partial charge in [-0.1, -0.05) is 36.4 Å². The summed E-state index contributed by atoms with van der Waals surface area (Å²) in [6.45, 7) is 1.78. The maximum Gasteiger partial charge on any atom is 0.307 e. The third-order valence-corrected chi connectivity index (χ3v) is 5.85. The van der Waals surface area contributed by atoms with E-state index >= 15 is 0 Å². The molecule has 134 valence electrons. The fourth-order valence-electron chi connectivity index (χ4n) is 3.36. The Morgan fingerprint density at radius 1 is 1.08 bits per heavy atom. The Hall–Kier alpha value is -2.31. The van der Waals surface area contributed by atoms with Crippen LogP contribution in [0.2, 0.25) is 0 Å². The highest BCUT2D eigenvalue weighted by atomic mass is 32.2. The molecule has 0 saturated carbocycles. The van der Waals surface area contributed by atoms with E-state index in [1.807, 2.05) is 6.07 Å². The molecule has 0 unspecified atom stereocenters. The fourth-order valence-corrected chi connectivity index (χ4v) is 4.76. The largest absolute Gasteiger partial charge is 0.481 e. The van der Waals surface area contributed by atoms with Crippen LogP contribution < -0.4 is 0 Å². The number of benzene rings is 2. The molecule has 26 heavy (non-hydrogen) atoms. The Balaban J connectivity index is 2.44. The third-order valence-electron chi connectivity index (χ3n) is 4.39. The van der Waals surface area contributed by atoms with Gasteiger partial charge in [0.2, 0.25) is 0 Å². The minimum absolute atomic E-state index is 0.167.